The van der Waals surface area contributed by atoms with E-state index in [1.54, 1.807) is 0 Å². The minimum absolute atomic E-state index is 0.428. The molecule has 20 heavy (non-hydrogen) atoms. The highest BCUT2D eigenvalue weighted by molar-refractivity contribution is 4.90. The molecule has 118 valence electrons. The van der Waals surface area contributed by atoms with Gasteiger partial charge in [0.05, 0.1) is 0 Å². The molecular formula is C16H33N3O. The summed E-state index contributed by atoms with van der Waals surface area (Å²) >= 11 is 0. The van der Waals surface area contributed by atoms with Gasteiger partial charge in [-0.2, -0.15) is 0 Å². The minimum Gasteiger partial charge on any atom is -0.381 e. The number of nitrogens with zero attached hydrogens (tertiary/aromatic N) is 2. The molecule has 2 aliphatic heterocycles. The average molecular weight is 283 g/mol. The summed E-state index contributed by atoms with van der Waals surface area (Å²) in [5, 5.41) is 3.67. The fraction of sp³-hybridized carbons (Fsp3) is 1.00. The van der Waals surface area contributed by atoms with Gasteiger partial charge >= 0.3 is 0 Å². The van der Waals surface area contributed by atoms with Crippen molar-refractivity contribution in [2.75, 3.05) is 59.5 Å². The number of likely N-dealkylation sites (N-methyl/N-ethyl adjacent to an activating group) is 1. The molecule has 0 radical (unpaired) electrons. The van der Waals surface area contributed by atoms with Gasteiger partial charge in [0.15, 0.2) is 0 Å². The van der Waals surface area contributed by atoms with E-state index >= 15 is 0 Å². The minimum atomic E-state index is 0.428. The summed E-state index contributed by atoms with van der Waals surface area (Å²) in [5.74, 6) is 0. The van der Waals surface area contributed by atoms with Gasteiger partial charge in [0.2, 0.25) is 0 Å². The Morgan fingerprint density at radius 3 is 2.65 bits per heavy atom. The number of ether oxygens (including phenoxy) is 1. The van der Waals surface area contributed by atoms with Crippen LogP contribution in [0.15, 0.2) is 0 Å². The molecule has 0 aliphatic carbocycles. The SMILES string of the molecule is CCCNCC1(CN2CCN(C)CC2C)CCOCC1. The van der Waals surface area contributed by atoms with Gasteiger partial charge in [0.1, 0.15) is 0 Å². The highest BCUT2D eigenvalue weighted by atomic mass is 16.5. The van der Waals surface area contributed by atoms with Gasteiger partial charge in [-0.15, -0.1) is 0 Å². The average Bonchev–Trinajstić information content (AvgIpc) is 2.44. The van der Waals surface area contributed by atoms with Gasteiger partial charge in [-0.3, -0.25) is 4.90 Å². The Hall–Kier alpha value is -0.160. The normalized spacial score (nSPS) is 28.6. The molecule has 0 spiro atoms. The van der Waals surface area contributed by atoms with Crippen molar-refractivity contribution in [1.29, 1.82) is 0 Å². The van der Waals surface area contributed by atoms with Gasteiger partial charge in [-0.1, -0.05) is 6.92 Å². The molecule has 0 bridgehead atoms. The Labute approximate surface area is 124 Å². The van der Waals surface area contributed by atoms with Gasteiger partial charge < -0.3 is 15.0 Å². The van der Waals surface area contributed by atoms with Crippen molar-refractivity contribution in [2.24, 2.45) is 5.41 Å². The van der Waals surface area contributed by atoms with Crippen molar-refractivity contribution in [3.63, 3.8) is 0 Å². The molecule has 2 saturated heterocycles. The zero-order valence-electron chi connectivity index (χ0n) is 13.7. The highest BCUT2D eigenvalue weighted by Crippen LogP contribution is 2.32. The van der Waals surface area contributed by atoms with Crippen LogP contribution in [0.2, 0.25) is 0 Å². The molecular weight excluding hydrogens is 250 g/mol. The third-order valence-electron chi connectivity index (χ3n) is 4.99. The van der Waals surface area contributed by atoms with E-state index in [1.807, 2.05) is 0 Å². The van der Waals surface area contributed by atoms with Crippen LogP contribution in [0, 0.1) is 5.41 Å². The van der Waals surface area contributed by atoms with Crippen molar-refractivity contribution < 1.29 is 4.74 Å². The number of hydrogen-bond donors (Lipinski definition) is 1. The molecule has 2 rings (SSSR count). The number of rotatable bonds is 6. The molecule has 1 atom stereocenters. The van der Waals surface area contributed by atoms with Crippen molar-refractivity contribution >= 4 is 0 Å². The molecule has 0 aromatic rings. The van der Waals surface area contributed by atoms with Crippen LogP contribution in [0.1, 0.15) is 33.1 Å². The van der Waals surface area contributed by atoms with Gasteiger partial charge in [-0.05, 0) is 45.2 Å². The predicted octanol–water partition coefficient (Wildman–Crippen LogP) is 1.42. The zero-order valence-corrected chi connectivity index (χ0v) is 13.7. The first-order valence-electron chi connectivity index (χ1n) is 8.36. The second kappa shape index (κ2) is 7.74. The maximum Gasteiger partial charge on any atom is 0.0472 e. The first-order chi connectivity index (χ1) is 9.65. The molecule has 0 amide bonds. The lowest BCUT2D eigenvalue weighted by Crippen LogP contribution is -2.56. The standard InChI is InChI=1S/C16H33N3O/c1-4-7-17-13-16(5-10-20-11-6-16)14-19-9-8-18(3)12-15(19)2/h15,17H,4-14H2,1-3H3. The Morgan fingerprint density at radius 2 is 2.00 bits per heavy atom. The topological polar surface area (TPSA) is 27.7 Å². The molecule has 0 saturated carbocycles. The molecule has 2 aliphatic rings. The van der Waals surface area contributed by atoms with Crippen LogP contribution < -0.4 is 5.32 Å². The van der Waals surface area contributed by atoms with E-state index in [2.05, 4.69) is 36.0 Å². The van der Waals surface area contributed by atoms with Crippen LogP contribution in [-0.2, 0) is 4.74 Å². The van der Waals surface area contributed by atoms with Crippen molar-refractivity contribution in [3.8, 4) is 0 Å². The van der Waals surface area contributed by atoms with Crippen molar-refractivity contribution in [1.82, 2.24) is 15.1 Å². The summed E-state index contributed by atoms with van der Waals surface area (Å²) in [6.45, 7) is 13.7. The lowest BCUT2D eigenvalue weighted by Gasteiger charge is -2.46. The number of piperazine rings is 1. The second-order valence-electron chi connectivity index (χ2n) is 6.87. The summed E-state index contributed by atoms with van der Waals surface area (Å²) in [7, 11) is 2.24. The fourth-order valence-corrected chi connectivity index (χ4v) is 3.57. The Kier molecular flexibility index (Phi) is 6.27. The van der Waals surface area contributed by atoms with Gasteiger partial charge in [0.25, 0.3) is 0 Å². The molecule has 1 N–H and O–H groups in total. The summed E-state index contributed by atoms with van der Waals surface area (Å²) in [4.78, 5) is 5.16. The number of hydrogen-bond acceptors (Lipinski definition) is 4. The van der Waals surface area contributed by atoms with Gasteiger partial charge in [0, 0.05) is 52.0 Å². The van der Waals surface area contributed by atoms with E-state index < -0.39 is 0 Å². The summed E-state index contributed by atoms with van der Waals surface area (Å²) in [5.41, 5.74) is 0.428. The fourth-order valence-electron chi connectivity index (χ4n) is 3.57. The highest BCUT2D eigenvalue weighted by Gasteiger charge is 2.36. The van der Waals surface area contributed by atoms with Crippen LogP contribution in [0.4, 0.5) is 0 Å². The van der Waals surface area contributed by atoms with Crippen LogP contribution in [-0.4, -0.2) is 75.4 Å². The first kappa shape index (κ1) is 16.2. The van der Waals surface area contributed by atoms with Crippen molar-refractivity contribution in [2.45, 2.75) is 39.2 Å². The third-order valence-corrected chi connectivity index (χ3v) is 4.99. The third kappa shape index (κ3) is 4.42. The quantitative estimate of drug-likeness (QED) is 0.746. The van der Waals surface area contributed by atoms with E-state index in [1.165, 1.54) is 45.4 Å². The second-order valence-corrected chi connectivity index (χ2v) is 6.87. The van der Waals surface area contributed by atoms with Crippen LogP contribution in [0.3, 0.4) is 0 Å². The lowest BCUT2D eigenvalue weighted by atomic mass is 9.79. The van der Waals surface area contributed by atoms with Crippen LogP contribution in [0.25, 0.3) is 0 Å². The molecule has 2 fully saturated rings. The zero-order chi connectivity index (χ0) is 14.4. The van der Waals surface area contributed by atoms with Crippen molar-refractivity contribution in [3.05, 3.63) is 0 Å². The smallest absolute Gasteiger partial charge is 0.0472 e. The molecule has 4 nitrogen and oxygen atoms in total. The Morgan fingerprint density at radius 1 is 1.25 bits per heavy atom. The largest absolute Gasteiger partial charge is 0.381 e. The molecule has 1 unspecified atom stereocenters. The first-order valence-corrected chi connectivity index (χ1v) is 8.36. The molecule has 4 heteroatoms. The van der Waals surface area contributed by atoms with E-state index in [9.17, 15) is 0 Å². The van der Waals surface area contributed by atoms with E-state index in [0.29, 0.717) is 11.5 Å². The molecule has 0 aromatic carbocycles. The summed E-state index contributed by atoms with van der Waals surface area (Å²) in [6.07, 6.45) is 3.64. The van der Waals surface area contributed by atoms with E-state index in [0.717, 1.165) is 26.3 Å². The lowest BCUT2D eigenvalue weighted by molar-refractivity contribution is -0.0218. The van der Waals surface area contributed by atoms with Gasteiger partial charge in [-0.25, -0.2) is 0 Å². The predicted molar refractivity (Wildman–Crippen MR) is 84.2 cm³/mol. The van der Waals surface area contributed by atoms with E-state index in [-0.39, 0.29) is 0 Å². The maximum atomic E-state index is 5.61. The van der Waals surface area contributed by atoms with Crippen LogP contribution >= 0.6 is 0 Å². The number of nitrogens with one attached hydrogen (secondary N) is 1. The van der Waals surface area contributed by atoms with Crippen LogP contribution in [0.5, 0.6) is 0 Å². The monoisotopic (exact) mass is 283 g/mol. The molecule has 2 heterocycles. The Bertz CT molecular complexity index is 279. The Balaban J connectivity index is 1.92. The summed E-state index contributed by atoms with van der Waals surface area (Å²) in [6, 6.07) is 0.680. The summed E-state index contributed by atoms with van der Waals surface area (Å²) < 4.78 is 5.61. The molecule has 0 aromatic heterocycles. The van der Waals surface area contributed by atoms with E-state index in [4.69, 9.17) is 4.74 Å². The maximum absolute atomic E-state index is 5.61.